The van der Waals surface area contributed by atoms with E-state index in [1.54, 1.807) is 24.8 Å². The Bertz CT molecular complexity index is 387. The molecule has 1 aromatic carbocycles. The second-order valence-corrected chi connectivity index (χ2v) is 4.56. The molecule has 0 bridgehead atoms. The summed E-state index contributed by atoms with van der Waals surface area (Å²) in [6.07, 6.45) is 1.43. The van der Waals surface area contributed by atoms with Gasteiger partial charge >= 0.3 is 0 Å². The predicted molar refractivity (Wildman–Crippen MR) is 55.4 cm³/mol. The van der Waals surface area contributed by atoms with Crippen LogP contribution in [0.25, 0.3) is 0 Å². The first kappa shape index (κ1) is 9.71. The lowest BCUT2D eigenvalue weighted by Crippen LogP contribution is -2.03. The van der Waals surface area contributed by atoms with Gasteiger partial charge in [-0.2, -0.15) is 0 Å². The van der Waals surface area contributed by atoms with Crippen LogP contribution in [-0.4, -0.2) is 11.5 Å². The lowest BCUT2D eigenvalue weighted by atomic mass is 10.0. The van der Waals surface area contributed by atoms with Gasteiger partial charge in [0.1, 0.15) is 5.82 Å². The number of ketones is 1. The van der Waals surface area contributed by atoms with Crippen LogP contribution in [-0.2, 0) is 0 Å². The van der Waals surface area contributed by atoms with Crippen LogP contribution in [0.15, 0.2) is 17.0 Å². The van der Waals surface area contributed by atoms with Gasteiger partial charge in [-0.25, -0.2) is 4.39 Å². The number of halogens is 1. The molecule has 0 amide bonds. The molecule has 0 aliphatic carbocycles. The minimum Gasteiger partial charge on any atom is -0.294 e. The molecule has 0 N–H and O–H groups in total. The molecule has 0 saturated carbocycles. The zero-order valence-corrected chi connectivity index (χ0v) is 8.79. The van der Waals surface area contributed by atoms with E-state index >= 15 is 0 Å². The molecule has 0 saturated heterocycles. The van der Waals surface area contributed by atoms with Gasteiger partial charge in [-0.05, 0) is 36.8 Å². The lowest BCUT2D eigenvalue weighted by Gasteiger charge is -2.07. The van der Waals surface area contributed by atoms with Gasteiger partial charge in [0.2, 0.25) is 0 Å². The van der Waals surface area contributed by atoms with Crippen molar-refractivity contribution < 1.29 is 9.18 Å². The Labute approximate surface area is 86.7 Å². The Hall–Kier alpha value is -0.830. The third-order valence-corrected chi connectivity index (χ3v) is 3.59. The van der Waals surface area contributed by atoms with Gasteiger partial charge in [0, 0.05) is 16.9 Å². The Balaban J connectivity index is 2.60. The van der Waals surface area contributed by atoms with Gasteiger partial charge < -0.3 is 0 Å². The molecule has 1 nitrogen and oxygen atoms in total. The third kappa shape index (κ3) is 1.57. The van der Waals surface area contributed by atoms with Crippen LogP contribution in [0.4, 0.5) is 4.39 Å². The molecule has 2 rings (SSSR count). The summed E-state index contributed by atoms with van der Waals surface area (Å²) >= 11 is 1.65. The number of benzene rings is 1. The number of carbonyl (C=O) groups excluding carboxylic acids is 1. The maximum Gasteiger partial charge on any atom is 0.164 e. The highest BCUT2D eigenvalue weighted by Crippen LogP contribution is 2.31. The largest absolute Gasteiger partial charge is 0.294 e. The van der Waals surface area contributed by atoms with Crippen LogP contribution in [0.5, 0.6) is 0 Å². The predicted octanol–water partition coefficient (Wildman–Crippen LogP) is 3.20. The first-order valence-electron chi connectivity index (χ1n) is 4.65. The molecule has 0 radical (unpaired) electrons. The third-order valence-electron chi connectivity index (χ3n) is 2.45. The van der Waals surface area contributed by atoms with Crippen molar-refractivity contribution >= 4 is 17.5 Å². The molecular formula is C11H11FOS. The smallest absolute Gasteiger partial charge is 0.164 e. The zero-order valence-electron chi connectivity index (χ0n) is 7.97. The number of rotatable bonds is 0. The maximum absolute atomic E-state index is 13.3. The van der Waals surface area contributed by atoms with E-state index < -0.39 is 0 Å². The summed E-state index contributed by atoms with van der Waals surface area (Å²) in [6.45, 7) is 1.68. The van der Waals surface area contributed by atoms with Gasteiger partial charge in [0.05, 0.1) is 0 Å². The summed E-state index contributed by atoms with van der Waals surface area (Å²) in [6, 6.07) is 3.16. The quantitative estimate of drug-likeness (QED) is 0.654. The lowest BCUT2D eigenvalue weighted by molar-refractivity contribution is 0.0979. The number of hydrogen-bond donors (Lipinski definition) is 0. The minimum atomic E-state index is -0.278. The van der Waals surface area contributed by atoms with Crippen molar-refractivity contribution in [2.24, 2.45) is 0 Å². The Morgan fingerprint density at radius 2 is 2.21 bits per heavy atom. The molecule has 14 heavy (non-hydrogen) atoms. The second kappa shape index (κ2) is 3.73. The van der Waals surface area contributed by atoms with Crippen molar-refractivity contribution in [3.63, 3.8) is 0 Å². The number of carbonyl (C=O) groups is 1. The van der Waals surface area contributed by atoms with Gasteiger partial charge in [-0.1, -0.05) is 0 Å². The highest BCUT2D eigenvalue weighted by Gasteiger charge is 2.19. The molecule has 1 aliphatic heterocycles. The fourth-order valence-corrected chi connectivity index (χ4v) is 2.75. The summed E-state index contributed by atoms with van der Waals surface area (Å²) in [5.74, 6) is 0.755. The van der Waals surface area contributed by atoms with E-state index in [1.165, 1.54) is 6.07 Å². The Kier molecular flexibility index (Phi) is 2.59. The average molecular weight is 210 g/mol. The molecule has 0 spiro atoms. The van der Waals surface area contributed by atoms with Crippen LogP contribution in [0.2, 0.25) is 0 Å². The average Bonchev–Trinajstić information content (AvgIpc) is 2.35. The van der Waals surface area contributed by atoms with Crippen LogP contribution in [0.1, 0.15) is 28.8 Å². The zero-order chi connectivity index (χ0) is 10.1. The standard InChI is InChI=1S/C11H11FOS/c1-7-8(12)4-5-10-11(7)9(13)3-2-6-14-10/h4-5H,2-3,6H2,1H3. The maximum atomic E-state index is 13.3. The molecule has 1 aliphatic rings. The van der Waals surface area contributed by atoms with E-state index in [-0.39, 0.29) is 11.6 Å². The molecule has 0 atom stereocenters. The van der Waals surface area contributed by atoms with Crippen LogP contribution in [0, 0.1) is 12.7 Å². The monoisotopic (exact) mass is 210 g/mol. The fraction of sp³-hybridized carbons (Fsp3) is 0.364. The first-order chi connectivity index (χ1) is 6.70. The number of fused-ring (bicyclic) bond motifs is 1. The number of Topliss-reactive ketones (excluding diaryl/α,β-unsaturated/α-hetero) is 1. The Morgan fingerprint density at radius 3 is 3.00 bits per heavy atom. The SMILES string of the molecule is Cc1c(F)ccc2c1C(=O)CCCS2. The summed E-state index contributed by atoms with van der Waals surface area (Å²) in [4.78, 5) is 12.6. The van der Waals surface area contributed by atoms with E-state index in [4.69, 9.17) is 0 Å². The molecule has 1 aromatic rings. The first-order valence-corrected chi connectivity index (χ1v) is 5.64. The van der Waals surface area contributed by atoms with Crippen molar-refractivity contribution in [1.82, 2.24) is 0 Å². The van der Waals surface area contributed by atoms with Crippen molar-refractivity contribution in [2.45, 2.75) is 24.7 Å². The van der Waals surface area contributed by atoms with Gasteiger partial charge in [0.25, 0.3) is 0 Å². The van der Waals surface area contributed by atoms with E-state index in [2.05, 4.69) is 0 Å². The number of thioether (sulfide) groups is 1. The van der Waals surface area contributed by atoms with E-state index in [0.717, 1.165) is 17.1 Å². The molecule has 0 aromatic heterocycles. The van der Waals surface area contributed by atoms with E-state index in [1.807, 2.05) is 0 Å². The summed E-state index contributed by atoms with van der Waals surface area (Å²) < 4.78 is 13.3. The highest BCUT2D eigenvalue weighted by atomic mass is 32.2. The van der Waals surface area contributed by atoms with Crippen molar-refractivity contribution in [3.8, 4) is 0 Å². The minimum absolute atomic E-state index is 0.0852. The molecular weight excluding hydrogens is 199 g/mol. The van der Waals surface area contributed by atoms with Crippen LogP contribution >= 0.6 is 11.8 Å². The van der Waals surface area contributed by atoms with Crippen LogP contribution in [0.3, 0.4) is 0 Å². The Morgan fingerprint density at radius 1 is 1.43 bits per heavy atom. The van der Waals surface area contributed by atoms with Crippen molar-refractivity contribution in [1.29, 1.82) is 0 Å². The van der Waals surface area contributed by atoms with Crippen molar-refractivity contribution in [3.05, 3.63) is 29.1 Å². The topological polar surface area (TPSA) is 17.1 Å². The molecule has 3 heteroatoms. The molecule has 74 valence electrons. The van der Waals surface area contributed by atoms with Crippen LogP contribution < -0.4 is 0 Å². The molecule has 0 fully saturated rings. The van der Waals surface area contributed by atoms with E-state index in [9.17, 15) is 9.18 Å². The summed E-state index contributed by atoms with van der Waals surface area (Å²) in [7, 11) is 0. The highest BCUT2D eigenvalue weighted by molar-refractivity contribution is 7.99. The summed E-state index contributed by atoms with van der Waals surface area (Å²) in [5.41, 5.74) is 1.11. The fourth-order valence-electron chi connectivity index (χ4n) is 1.67. The van der Waals surface area contributed by atoms with Crippen molar-refractivity contribution in [2.75, 3.05) is 5.75 Å². The van der Waals surface area contributed by atoms with Gasteiger partial charge in [-0.3, -0.25) is 4.79 Å². The number of hydrogen-bond acceptors (Lipinski definition) is 2. The van der Waals surface area contributed by atoms with Gasteiger partial charge in [-0.15, -0.1) is 11.8 Å². The normalized spacial score (nSPS) is 16.3. The van der Waals surface area contributed by atoms with E-state index in [0.29, 0.717) is 17.5 Å². The molecule has 0 unspecified atom stereocenters. The second-order valence-electron chi connectivity index (χ2n) is 3.42. The molecule has 1 heterocycles. The van der Waals surface area contributed by atoms with Gasteiger partial charge in [0.15, 0.2) is 5.78 Å². The summed E-state index contributed by atoms with van der Waals surface area (Å²) in [5, 5.41) is 0.